The fourth-order valence-electron chi connectivity index (χ4n) is 2.74. The molecule has 0 amide bonds. The van der Waals surface area contributed by atoms with Crippen LogP contribution in [0.2, 0.25) is 0 Å². The number of rotatable bonds is 3. The van der Waals surface area contributed by atoms with E-state index in [1.54, 1.807) is 42.5 Å². The number of carbonyl (C=O) groups is 1. The van der Waals surface area contributed by atoms with Gasteiger partial charge in [0.2, 0.25) is 0 Å². The lowest BCUT2D eigenvalue weighted by Crippen LogP contribution is -2.00. The Bertz CT molecular complexity index is 1060. The SMILES string of the molecule is COC(=O)c1ccc(C#C/C=C/c2ccc(O)cc2-c2ccc(C)cc2)cc1. The predicted octanol–water partition coefficient (Wildman–Crippen LogP) is 5.22. The van der Waals surface area contributed by atoms with Crippen molar-refractivity contribution in [2.45, 2.75) is 6.92 Å². The summed E-state index contributed by atoms with van der Waals surface area (Å²) in [6.45, 7) is 2.04. The number of allylic oxidation sites excluding steroid dienone is 1. The van der Waals surface area contributed by atoms with Crippen LogP contribution >= 0.6 is 0 Å². The zero-order valence-corrected chi connectivity index (χ0v) is 15.8. The molecule has 138 valence electrons. The normalized spacial score (nSPS) is 10.4. The molecular weight excluding hydrogens is 348 g/mol. The van der Waals surface area contributed by atoms with Gasteiger partial charge in [-0.15, -0.1) is 0 Å². The highest BCUT2D eigenvalue weighted by Crippen LogP contribution is 2.28. The van der Waals surface area contributed by atoms with Crippen molar-refractivity contribution in [2.24, 2.45) is 0 Å². The van der Waals surface area contributed by atoms with Crippen molar-refractivity contribution in [3.05, 3.63) is 95.1 Å². The molecule has 0 aliphatic carbocycles. The van der Waals surface area contributed by atoms with Gasteiger partial charge in [0, 0.05) is 5.56 Å². The summed E-state index contributed by atoms with van der Waals surface area (Å²) in [4.78, 5) is 11.4. The zero-order valence-electron chi connectivity index (χ0n) is 15.8. The van der Waals surface area contributed by atoms with Crippen LogP contribution in [-0.4, -0.2) is 18.2 Å². The molecule has 0 saturated heterocycles. The van der Waals surface area contributed by atoms with Gasteiger partial charge in [-0.2, -0.15) is 0 Å². The molecule has 0 unspecified atom stereocenters. The van der Waals surface area contributed by atoms with Gasteiger partial charge >= 0.3 is 5.97 Å². The van der Waals surface area contributed by atoms with E-state index in [1.165, 1.54) is 12.7 Å². The third-order valence-electron chi connectivity index (χ3n) is 4.27. The number of aryl methyl sites for hydroxylation is 1. The molecule has 0 aliphatic heterocycles. The fraction of sp³-hybridized carbons (Fsp3) is 0.0800. The van der Waals surface area contributed by atoms with Crippen molar-refractivity contribution in [2.75, 3.05) is 7.11 Å². The van der Waals surface area contributed by atoms with Gasteiger partial charge in [0.15, 0.2) is 0 Å². The summed E-state index contributed by atoms with van der Waals surface area (Å²) in [7, 11) is 1.36. The van der Waals surface area contributed by atoms with E-state index in [4.69, 9.17) is 0 Å². The first-order chi connectivity index (χ1) is 13.6. The van der Waals surface area contributed by atoms with E-state index in [9.17, 15) is 9.90 Å². The summed E-state index contributed by atoms with van der Waals surface area (Å²) in [5.41, 5.74) is 5.44. The van der Waals surface area contributed by atoms with Gasteiger partial charge < -0.3 is 9.84 Å². The summed E-state index contributed by atoms with van der Waals surface area (Å²) in [6.07, 6.45) is 3.70. The van der Waals surface area contributed by atoms with E-state index in [1.807, 2.05) is 43.3 Å². The lowest BCUT2D eigenvalue weighted by atomic mass is 9.98. The minimum atomic E-state index is -0.365. The second kappa shape index (κ2) is 8.75. The average Bonchev–Trinajstić information content (AvgIpc) is 2.72. The Labute approximate surface area is 164 Å². The van der Waals surface area contributed by atoms with Crippen molar-refractivity contribution in [1.82, 2.24) is 0 Å². The lowest BCUT2D eigenvalue weighted by molar-refractivity contribution is 0.0600. The lowest BCUT2D eigenvalue weighted by Gasteiger charge is -2.07. The second-order valence-electron chi connectivity index (χ2n) is 6.31. The minimum Gasteiger partial charge on any atom is -0.508 e. The van der Waals surface area contributed by atoms with Crippen LogP contribution in [0, 0.1) is 18.8 Å². The van der Waals surface area contributed by atoms with Crippen LogP contribution < -0.4 is 0 Å². The van der Waals surface area contributed by atoms with E-state index in [2.05, 4.69) is 16.6 Å². The molecule has 28 heavy (non-hydrogen) atoms. The summed E-state index contributed by atoms with van der Waals surface area (Å²) in [5, 5.41) is 9.87. The van der Waals surface area contributed by atoms with Crippen LogP contribution in [0.3, 0.4) is 0 Å². The number of aromatic hydroxyl groups is 1. The molecule has 3 aromatic carbocycles. The molecule has 3 heteroatoms. The number of hydrogen-bond donors (Lipinski definition) is 1. The fourth-order valence-corrected chi connectivity index (χ4v) is 2.74. The van der Waals surface area contributed by atoms with Gasteiger partial charge in [0.05, 0.1) is 12.7 Å². The quantitative estimate of drug-likeness (QED) is 0.509. The summed E-state index contributed by atoms with van der Waals surface area (Å²) in [6, 6.07) is 20.4. The highest BCUT2D eigenvalue weighted by Gasteiger charge is 2.05. The maximum Gasteiger partial charge on any atom is 0.337 e. The summed E-state index contributed by atoms with van der Waals surface area (Å²) >= 11 is 0. The summed E-state index contributed by atoms with van der Waals surface area (Å²) < 4.78 is 4.68. The Balaban J connectivity index is 1.81. The zero-order chi connectivity index (χ0) is 19.9. The number of phenolic OH excluding ortho intramolecular Hbond substituents is 1. The van der Waals surface area contributed by atoms with Crippen molar-refractivity contribution in [1.29, 1.82) is 0 Å². The topological polar surface area (TPSA) is 46.5 Å². The van der Waals surface area contributed by atoms with Crippen molar-refractivity contribution >= 4 is 12.0 Å². The standard InChI is InChI=1S/C25H20O3/c1-18-7-11-21(12-8-18)24-17-23(26)16-15-20(24)6-4-3-5-19-9-13-22(14-10-19)25(27)28-2/h4,6-17,26H,1-2H3/b6-4+. The van der Waals surface area contributed by atoms with Gasteiger partial charge in [-0.3, -0.25) is 0 Å². The number of ether oxygens (including phenoxy) is 1. The molecule has 0 fully saturated rings. The highest BCUT2D eigenvalue weighted by atomic mass is 16.5. The minimum absolute atomic E-state index is 0.226. The molecular formula is C25H20O3. The number of esters is 1. The first kappa shape index (κ1) is 19.0. The van der Waals surface area contributed by atoms with E-state index in [-0.39, 0.29) is 11.7 Å². The maximum atomic E-state index is 11.4. The average molecular weight is 368 g/mol. The van der Waals surface area contributed by atoms with Gasteiger partial charge in [-0.25, -0.2) is 4.79 Å². The Morgan fingerprint density at radius 2 is 1.71 bits per heavy atom. The third kappa shape index (κ3) is 4.69. The van der Waals surface area contributed by atoms with Gasteiger partial charge in [0.1, 0.15) is 5.75 Å². The Morgan fingerprint density at radius 1 is 1.00 bits per heavy atom. The maximum absolute atomic E-state index is 11.4. The number of methoxy groups -OCH3 is 1. The van der Waals surface area contributed by atoms with Crippen LogP contribution in [0.25, 0.3) is 17.2 Å². The van der Waals surface area contributed by atoms with Crippen LogP contribution in [0.1, 0.15) is 27.0 Å². The number of carbonyl (C=O) groups excluding carboxylic acids is 1. The monoisotopic (exact) mass is 368 g/mol. The van der Waals surface area contributed by atoms with Crippen molar-refractivity contribution < 1.29 is 14.6 Å². The Hall–Kier alpha value is -3.77. The van der Waals surface area contributed by atoms with Crippen LogP contribution in [0.5, 0.6) is 5.75 Å². The molecule has 3 nitrogen and oxygen atoms in total. The molecule has 0 bridgehead atoms. The molecule has 0 radical (unpaired) electrons. The molecule has 0 spiro atoms. The predicted molar refractivity (Wildman–Crippen MR) is 112 cm³/mol. The van der Waals surface area contributed by atoms with Gasteiger partial charge in [-0.1, -0.05) is 47.7 Å². The van der Waals surface area contributed by atoms with E-state index >= 15 is 0 Å². The van der Waals surface area contributed by atoms with Crippen molar-refractivity contribution in [3.63, 3.8) is 0 Å². The largest absolute Gasteiger partial charge is 0.508 e. The number of phenols is 1. The van der Waals surface area contributed by atoms with Crippen LogP contribution in [0.4, 0.5) is 0 Å². The molecule has 0 atom stereocenters. The first-order valence-corrected chi connectivity index (χ1v) is 8.83. The molecule has 0 heterocycles. The smallest absolute Gasteiger partial charge is 0.337 e. The molecule has 0 aromatic heterocycles. The molecule has 3 aromatic rings. The van der Waals surface area contributed by atoms with Crippen LogP contribution in [0.15, 0.2) is 72.8 Å². The Kier molecular flexibility index (Phi) is 5.94. The highest BCUT2D eigenvalue weighted by molar-refractivity contribution is 5.89. The molecule has 1 N–H and O–H groups in total. The molecule has 3 rings (SSSR count). The molecule has 0 aliphatic rings. The summed E-state index contributed by atoms with van der Waals surface area (Å²) in [5.74, 6) is 5.91. The van der Waals surface area contributed by atoms with Crippen LogP contribution in [-0.2, 0) is 4.74 Å². The Morgan fingerprint density at radius 3 is 2.39 bits per heavy atom. The van der Waals surface area contributed by atoms with E-state index in [0.717, 1.165) is 22.3 Å². The van der Waals surface area contributed by atoms with E-state index < -0.39 is 0 Å². The van der Waals surface area contributed by atoms with E-state index in [0.29, 0.717) is 5.56 Å². The first-order valence-electron chi connectivity index (χ1n) is 8.83. The van der Waals surface area contributed by atoms with Gasteiger partial charge in [-0.05, 0) is 72.2 Å². The number of benzene rings is 3. The number of hydrogen-bond acceptors (Lipinski definition) is 3. The second-order valence-corrected chi connectivity index (χ2v) is 6.31. The van der Waals surface area contributed by atoms with Crippen molar-refractivity contribution in [3.8, 4) is 28.7 Å². The third-order valence-corrected chi connectivity index (χ3v) is 4.27. The molecule has 0 saturated carbocycles. The van der Waals surface area contributed by atoms with Gasteiger partial charge in [0.25, 0.3) is 0 Å².